The molecule has 2 N–H and O–H groups in total. The van der Waals surface area contributed by atoms with Gasteiger partial charge in [-0.25, -0.2) is 4.39 Å². The lowest BCUT2D eigenvalue weighted by atomic mass is 9.90. The van der Waals surface area contributed by atoms with Crippen molar-refractivity contribution in [2.75, 3.05) is 13.7 Å². The van der Waals surface area contributed by atoms with Gasteiger partial charge in [0, 0.05) is 35.1 Å². The first-order chi connectivity index (χ1) is 14.2. The van der Waals surface area contributed by atoms with Crippen LogP contribution in [0.5, 0.6) is 5.75 Å². The predicted octanol–water partition coefficient (Wildman–Crippen LogP) is 4.88. The summed E-state index contributed by atoms with van der Waals surface area (Å²) >= 11 is 0. The minimum atomic E-state index is -0.430. The third-order valence-corrected chi connectivity index (χ3v) is 5.07. The van der Waals surface area contributed by atoms with Gasteiger partial charge in [-0.1, -0.05) is 36.4 Å². The van der Waals surface area contributed by atoms with Gasteiger partial charge in [0.1, 0.15) is 11.6 Å². The zero-order valence-electron chi connectivity index (χ0n) is 16.0. The number of methoxy groups -OCH3 is 1. The Balaban J connectivity index is 1.65. The van der Waals surface area contributed by atoms with E-state index in [0.29, 0.717) is 12.1 Å². The first kappa shape index (κ1) is 18.7. The van der Waals surface area contributed by atoms with E-state index >= 15 is 0 Å². The smallest absolute Gasteiger partial charge is 0.251 e. The summed E-state index contributed by atoms with van der Waals surface area (Å²) in [4.78, 5) is 15.9. The van der Waals surface area contributed by atoms with E-state index in [-0.39, 0.29) is 11.8 Å². The van der Waals surface area contributed by atoms with Crippen molar-refractivity contribution in [2.45, 2.75) is 5.92 Å². The monoisotopic (exact) mass is 388 g/mol. The predicted molar refractivity (Wildman–Crippen MR) is 112 cm³/mol. The number of aromatic nitrogens is 1. The molecule has 4 rings (SSSR count). The number of amides is 1. The molecule has 4 aromatic rings. The maximum Gasteiger partial charge on any atom is 0.251 e. The van der Waals surface area contributed by atoms with Crippen molar-refractivity contribution >= 4 is 16.8 Å². The molecule has 0 bridgehead atoms. The van der Waals surface area contributed by atoms with Gasteiger partial charge in [0.15, 0.2) is 0 Å². The molecular formula is C24H21FN2O2. The Labute approximate surface area is 168 Å². The summed E-state index contributed by atoms with van der Waals surface area (Å²) in [5.74, 6) is -0.0337. The normalized spacial score (nSPS) is 11.9. The second kappa shape index (κ2) is 8.19. The van der Waals surface area contributed by atoms with Crippen molar-refractivity contribution < 1.29 is 13.9 Å². The second-order valence-electron chi connectivity index (χ2n) is 6.84. The number of carbonyl (C=O) groups excluding carboxylic acids is 1. The lowest BCUT2D eigenvalue weighted by Crippen LogP contribution is -2.29. The molecule has 0 saturated carbocycles. The molecule has 1 aromatic heterocycles. The number of halogens is 1. The number of benzene rings is 3. The highest BCUT2D eigenvalue weighted by molar-refractivity contribution is 5.94. The van der Waals surface area contributed by atoms with Crippen molar-refractivity contribution in [2.24, 2.45) is 0 Å². The Morgan fingerprint density at radius 2 is 1.86 bits per heavy atom. The van der Waals surface area contributed by atoms with Crippen LogP contribution in [0.3, 0.4) is 0 Å². The molecule has 0 spiro atoms. The molecule has 0 aliphatic carbocycles. The van der Waals surface area contributed by atoms with E-state index in [1.165, 1.54) is 18.2 Å². The minimum absolute atomic E-state index is 0.0745. The van der Waals surface area contributed by atoms with E-state index < -0.39 is 5.82 Å². The Bertz CT molecular complexity index is 1140. The number of rotatable bonds is 6. The van der Waals surface area contributed by atoms with E-state index in [1.807, 2.05) is 48.7 Å². The van der Waals surface area contributed by atoms with Crippen LogP contribution in [0.4, 0.5) is 4.39 Å². The van der Waals surface area contributed by atoms with Gasteiger partial charge in [0.05, 0.1) is 7.11 Å². The molecule has 5 heteroatoms. The molecule has 0 fully saturated rings. The third kappa shape index (κ3) is 3.99. The molecule has 146 valence electrons. The summed E-state index contributed by atoms with van der Waals surface area (Å²) in [7, 11) is 1.63. The van der Waals surface area contributed by atoms with Gasteiger partial charge in [0.25, 0.3) is 5.91 Å². The Morgan fingerprint density at radius 3 is 2.62 bits per heavy atom. The zero-order valence-corrected chi connectivity index (χ0v) is 16.0. The SMILES string of the molecule is COc1ccc(C(CNC(=O)c2cccc(F)c2)c2c[nH]c3ccccc23)cc1. The maximum absolute atomic E-state index is 13.5. The fourth-order valence-electron chi connectivity index (χ4n) is 3.55. The highest BCUT2D eigenvalue weighted by atomic mass is 19.1. The molecule has 3 aromatic carbocycles. The summed E-state index contributed by atoms with van der Waals surface area (Å²) in [6.45, 7) is 0.378. The number of nitrogens with one attached hydrogen (secondary N) is 2. The molecule has 29 heavy (non-hydrogen) atoms. The van der Waals surface area contributed by atoms with E-state index in [0.717, 1.165) is 27.8 Å². The number of fused-ring (bicyclic) bond motifs is 1. The average molecular weight is 388 g/mol. The van der Waals surface area contributed by atoms with Crippen LogP contribution in [0.25, 0.3) is 10.9 Å². The van der Waals surface area contributed by atoms with Gasteiger partial charge in [-0.15, -0.1) is 0 Å². The van der Waals surface area contributed by atoms with Crippen molar-refractivity contribution in [3.05, 3.63) is 102 Å². The minimum Gasteiger partial charge on any atom is -0.497 e. The Hall–Kier alpha value is -3.60. The van der Waals surface area contributed by atoms with E-state index in [2.05, 4.69) is 16.4 Å². The van der Waals surface area contributed by atoms with Crippen LogP contribution in [0.15, 0.2) is 79.0 Å². The van der Waals surface area contributed by atoms with Gasteiger partial charge < -0.3 is 15.0 Å². The lowest BCUT2D eigenvalue weighted by Gasteiger charge is -2.19. The molecule has 1 atom stereocenters. The summed E-state index contributed by atoms with van der Waals surface area (Å²) in [6, 6.07) is 21.6. The number of carbonyl (C=O) groups is 1. The highest BCUT2D eigenvalue weighted by Gasteiger charge is 2.19. The van der Waals surface area contributed by atoms with E-state index in [4.69, 9.17) is 4.74 Å². The van der Waals surface area contributed by atoms with Crippen LogP contribution < -0.4 is 10.1 Å². The number of hydrogen-bond donors (Lipinski definition) is 2. The largest absolute Gasteiger partial charge is 0.497 e. The van der Waals surface area contributed by atoms with E-state index in [9.17, 15) is 9.18 Å². The van der Waals surface area contributed by atoms with Crippen LogP contribution >= 0.6 is 0 Å². The number of ether oxygens (including phenoxy) is 1. The molecule has 0 saturated heterocycles. The standard InChI is InChI=1S/C24H21FN2O2/c1-29-19-11-9-16(10-12-19)21(22-15-26-23-8-3-2-7-20(22)23)14-27-24(28)17-5-4-6-18(25)13-17/h2-13,15,21,26H,14H2,1H3,(H,27,28). The molecule has 4 nitrogen and oxygen atoms in total. The van der Waals surface area contributed by atoms with E-state index in [1.54, 1.807) is 13.2 Å². The molecule has 1 amide bonds. The number of H-pyrrole nitrogens is 1. The first-order valence-electron chi connectivity index (χ1n) is 9.39. The van der Waals surface area contributed by atoms with Crippen molar-refractivity contribution in [1.82, 2.24) is 10.3 Å². The van der Waals surface area contributed by atoms with Crippen LogP contribution in [0, 0.1) is 5.82 Å². The number of hydrogen-bond acceptors (Lipinski definition) is 2. The van der Waals surface area contributed by atoms with Gasteiger partial charge in [-0.3, -0.25) is 4.79 Å². The lowest BCUT2D eigenvalue weighted by molar-refractivity contribution is 0.0952. The Kier molecular flexibility index (Phi) is 5.29. The molecule has 1 heterocycles. The van der Waals surface area contributed by atoms with Gasteiger partial charge in [-0.05, 0) is 47.5 Å². The third-order valence-electron chi connectivity index (χ3n) is 5.07. The quantitative estimate of drug-likeness (QED) is 0.495. The molecule has 0 aliphatic rings. The Morgan fingerprint density at radius 1 is 1.07 bits per heavy atom. The van der Waals surface area contributed by atoms with Crippen molar-refractivity contribution in [3.8, 4) is 5.75 Å². The molecule has 0 radical (unpaired) electrons. The van der Waals surface area contributed by atoms with Crippen molar-refractivity contribution in [1.29, 1.82) is 0 Å². The summed E-state index contributed by atoms with van der Waals surface area (Å²) < 4.78 is 18.7. The number of aromatic amines is 1. The average Bonchev–Trinajstić information content (AvgIpc) is 3.18. The van der Waals surface area contributed by atoms with Gasteiger partial charge >= 0.3 is 0 Å². The van der Waals surface area contributed by atoms with Crippen LogP contribution in [0.1, 0.15) is 27.4 Å². The zero-order chi connectivity index (χ0) is 20.2. The van der Waals surface area contributed by atoms with Gasteiger partial charge in [-0.2, -0.15) is 0 Å². The topological polar surface area (TPSA) is 54.1 Å². The summed E-state index contributed by atoms with van der Waals surface area (Å²) in [5, 5.41) is 4.06. The highest BCUT2D eigenvalue weighted by Crippen LogP contribution is 2.31. The summed E-state index contributed by atoms with van der Waals surface area (Å²) in [5.41, 5.74) is 3.48. The molecular weight excluding hydrogens is 367 g/mol. The number of para-hydroxylation sites is 1. The maximum atomic E-state index is 13.5. The van der Waals surface area contributed by atoms with Crippen LogP contribution in [-0.4, -0.2) is 24.5 Å². The molecule has 0 aliphatic heterocycles. The summed E-state index contributed by atoms with van der Waals surface area (Å²) in [6.07, 6.45) is 1.98. The fraction of sp³-hybridized carbons (Fsp3) is 0.125. The fourth-order valence-corrected chi connectivity index (χ4v) is 3.55. The van der Waals surface area contributed by atoms with Crippen LogP contribution in [-0.2, 0) is 0 Å². The van der Waals surface area contributed by atoms with Crippen LogP contribution in [0.2, 0.25) is 0 Å². The first-order valence-corrected chi connectivity index (χ1v) is 9.39. The van der Waals surface area contributed by atoms with Crippen molar-refractivity contribution in [3.63, 3.8) is 0 Å². The second-order valence-corrected chi connectivity index (χ2v) is 6.84. The molecule has 1 unspecified atom stereocenters. The van der Waals surface area contributed by atoms with Gasteiger partial charge in [0.2, 0.25) is 0 Å².